The molecule has 2 aliphatic heterocycles. The van der Waals surface area contributed by atoms with Gasteiger partial charge in [0.15, 0.2) is 0 Å². The molecule has 4 rings (SSSR count). The fraction of sp³-hybridized carbons (Fsp3) is 0.611. The normalized spacial score (nSPS) is 23.7. The van der Waals surface area contributed by atoms with Crippen molar-refractivity contribution < 1.29 is 9.59 Å². The number of hydrogen-bond acceptors (Lipinski definition) is 5. The minimum absolute atomic E-state index is 0.193. The van der Waals surface area contributed by atoms with E-state index >= 15 is 0 Å². The minimum Gasteiger partial charge on any atom is -0.363 e. The molecular formula is C18H24N4O2S. The van der Waals surface area contributed by atoms with Crippen LogP contribution in [-0.4, -0.2) is 41.8 Å². The summed E-state index contributed by atoms with van der Waals surface area (Å²) in [4.78, 5) is 28.3. The van der Waals surface area contributed by atoms with E-state index in [1.807, 2.05) is 6.07 Å². The third-order valence-corrected chi connectivity index (χ3v) is 6.51. The molecule has 0 unspecified atom stereocenters. The molecule has 1 spiro atoms. The van der Waals surface area contributed by atoms with E-state index in [1.165, 1.54) is 24.3 Å². The Bertz CT molecular complexity index is 687. The minimum atomic E-state index is -0.707. The SMILES string of the molecule is O=C1NC2(CCCCC2)C(=O)N1/N=C\c1ccc(N2CCCCC2)s1. The van der Waals surface area contributed by atoms with Gasteiger partial charge in [0, 0.05) is 18.0 Å². The van der Waals surface area contributed by atoms with Crippen LogP contribution in [0.25, 0.3) is 0 Å². The number of nitrogens with one attached hydrogen (secondary N) is 1. The van der Waals surface area contributed by atoms with Gasteiger partial charge in [0.1, 0.15) is 5.54 Å². The molecule has 1 saturated carbocycles. The summed E-state index contributed by atoms with van der Waals surface area (Å²) in [6.07, 6.45) is 9.96. The Kier molecular flexibility index (Phi) is 4.50. The van der Waals surface area contributed by atoms with E-state index in [-0.39, 0.29) is 5.91 Å². The van der Waals surface area contributed by atoms with E-state index in [2.05, 4.69) is 21.4 Å². The molecule has 1 aromatic heterocycles. The van der Waals surface area contributed by atoms with Crippen LogP contribution >= 0.6 is 11.3 Å². The third-order valence-electron chi connectivity index (χ3n) is 5.43. The molecule has 0 bridgehead atoms. The Morgan fingerprint density at radius 3 is 2.52 bits per heavy atom. The number of rotatable bonds is 3. The van der Waals surface area contributed by atoms with Gasteiger partial charge in [-0.25, -0.2) is 4.79 Å². The molecule has 25 heavy (non-hydrogen) atoms. The van der Waals surface area contributed by atoms with Crippen LogP contribution in [0.3, 0.4) is 0 Å². The van der Waals surface area contributed by atoms with Gasteiger partial charge in [-0.3, -0.25) is 4.79 Å². The first-order chi connectivity index (χ1) is 12.2. The molecule has 1 N–H and O–H groups in total. The van der Waals surface area contributed by atoms with Gasteiger partial charge in [-0.2, -0.15) is 5.10 Å². The number of hydrogen-bond donors (Lipinski definition) is 1. The molecule has 3 fully saturated rings. The number of nitrogens with zero attached hydrogens (tertiary/aromatic N) is 3. The lowest BCUT2D eigenvalue weighted by atomic mass is 9.82. The first kappa shape index (κ1) is 16.6. The highest BCUT2D eigenvalue weighted by Crippen LogP contribution is 2.34. The van der Waals surface area contributed by atoms with Crippen LogP contribution in [0.4, 0.5) is 9.80 Å². The van der Waals surface area contributed by atoms with E-state index in [0.717, 1.165) is 55.1 Å². The van der Waals surface area contributed by atoms with E-state index < -0.39 is 11.6 Å². The van der Waals surface area contributed by atoms with Crippen LogP contribution in [0.5, 0.6) is 0 Å². The van der Waals surface area contributed by atoms with Crippen LogP contribution in [0.15, 0.2) is 17.2 Å². The number of carbonyl (C=O) groups is 2. The Morgan fingerprint density at radius 2 is 1.76 bits per heavy atom. The summed E-state index contributed by atoms with van der Waals surface area (Å²) in [6, 6.07) is 3.72. The monoisotopic (exact) mass is 360 g/mol. The topological polar surface area (TPSA) is 65.0 Å². The zero-order valence-corrected chi connectivity index (χ0v) is 15.2. The largest absolute Gasteiger partial charge is 0.363 e. The lowest BCUT2D eigenvalue weighted by Gasteiger charge is -2.29. The smallest absolute Gasteiger partial charge is 0.346 e. The highest BCUT2D eigenvalue weighted by Gasteiger charge is 2.51. The van der Waals surface area contributed by atoms with Gasteiger partial charge in [0.25, 0.3) is 5.91 Å². The maximum absolute atomic E-state index is 12.7. The maximum atomic E-state index is 12.7. The van der Waals surface area contributed by atoms with Crippen molar-refractivity contribution in [3.63, 3.8) is 0 Å². The molecule has 6 nitrogen and oxygen atoms in total. The number of imide groups is 1. The molecule has 2 saturated heterocycles. The predicted molar refractivity (Wildman–Crippen MR) is 99.2 cm³/mol. The summed E-state index contributed by atoms with van der Waals surface area (Å²) < 4.78 is 0. The molecule has 3 amide bonds. The van der Waals surface area contributed by atoms with Gasteiger partial charge in [-0.1, -0.05) is 19.3 Å². The van der Waals surface area contributed by atoms with Gasteiger partial charge >= 0.3 is 6.03 Å². The zero-order valence-electron chi connectivity index (χ0n) is 14.4. The van der Waals surface area contributed by atoms with Crippen LogP contribution < -0.4 is 10.2 Å². The quantitative estimate of drug-likeness (QED) is 0.664. The van der Waals surface area contributed by atoms with Gasteiger partial charge in [0.2, 0.25) is 0 Å². The molecule has 3 aliphatic rings. The Labute approximate surface area is 151 Å². The number of amides is 3. The van der Waals surface area contributed by atoms with Crippen molar-refractivity contribution in [1.29, 1.82) is 0 Å². The molecule has 1 aromatic rings. The van der Waals surface area contributed by atoms with Gasteiger partial charge < -0.3 is 10.2 Å². The van der Waals surface area contributed by atoms with Gasteiger partial charge in [-0.05, 0) is 44.2 Å². The number of urea groups is 1. The molecule has 0 atom stereocenters. The van der Waals surface area contributed by atoms with Crippen LogP contribution in [0.2, 0.25) is 0 Å². The van der Waals surface area contributed by atoms with Gasteiger partial charge in [0.05, 0.1) is 11.2 Å². The second-order valence-electron chi connectivity index (χ2n) is 7.16. The van der Waals surface area contributed by atoms with Crippen molar-refractivity contribution in [3.05, 3.63) is 17.0 Å². The number of piperidine rings is 1. The van der Waals surface area contributed by atoms with E-state index in [1.54, 1.807) is 17.6 Å². The summed E-state index contributed by atoms with van der Waals surface area (Å²) in [7, 11) is 0. The van der Waals surface area contributed by atoms with E-state index in [0.29, 0.717) is 0 Å². The molecular weight excluding hydrogens is 336 g/mol. The lowest BCUT2D eigenvalue weighted by molar-refractivity contribution is -0.132. The Morgan fingerprint density at radius 1 is 1.04 bits per heavy atom. The number of anilines is 1. The summed E-state index contributed by atoms with van der Waals surface area (Å²) in [5, 5.41) is 9.34. The van der Waals surface area contributed by atoms with E-state index in [9.17, 15) is 9.59 Å². The van der Waals surface area contributed by atoms with Crippen LogP contribution in [0, 0.1) is 0 Å². The van der Waals surface area contributed by atoms with Crippen LogP contribution in [0.1, 0.15) is 56.2 Å². The average Bonchev–Trinajstić information content (AvgIpc) is 3.19. The van der Waals surface area contributed by atoms with Crippen molar-refractivity contribution in [2.75, 3.05) is 18.0 Å². The number of thiophene rings is 1. The van der Waals surface area contributed by atoms with Crippen molar-refractivity contribution >= 4 is 34.5 Å². The Hall–Kier alpha value is -1.89. The summed E-state index contributed by atoms with van der Waals surface area (Å²) in [5.74, 6) is -0.193. The highest BCUT2D eigenvalue weighted by atomic mass is 32.1. The van der Waals surface area contributed by atoms with Crippen molar-refractivity contribution in [1.82, 2.24) is 10.3 Å². The average molecular weight is 360 g/mol. The lowest BCUT2D eigenvalue weighted by Crippen LogP contribution is -2.48. The molecule has 3 heterocycles. The Balaban J connectivity index is 1.45. The van der Waals surface area contributed by atoms with Crippen molar-refractivity contribution in [2.45, 2.75) is 56.9 Å². The second kappa shape index (κ2) is 6.78. The summed E-state index contributed by atoms with van der Waals surface area (Å²) in [5.41, 5.74) is -0.707. The first-order valence-corrected chi connectivity index (χ1v) is 10.1. The van der Waals surface area contributed by atoms with Gasteiger partial charge in [-0.15, -0.1) is 16.3 Å². The van der Waals surface area contributed by atoms with Crippen molar-refractivity contribution in [3.8, 4) is 0 Å². The fourth-order valence-electron chi connectivity index (χ4n) is 4.02. The molecule has 7 heteroatoms. The second-order valence-corrected chi connectivity index (χ2v) is 8.25. The summed E-state index contributed by atoms with van der Waals surface area (Å²) in [6.45, 7) is 2.21. The molecule has 134 valence electrons. The predicted octanol–water partition coefficient (Wildman–Crippen LogP) is 3.33. The molecule has 0 aromatic carbocycles. The fourth-order valence-corrected chi connectivity index (χ4v) is 4.94. The standard InChI is InChI=1S/C18H24N4O2S/c23-16-18(9-3-1-4-10-18)20-17(24)22(16)19-13-14-7-8-15(25-14)21-11-5-2-6-12-21/h7-8,13H,1-6,9-12H2,(H,20,24)/b19-13-. The first-order valence-electron chi connectivity index (χ1n) is 9.23. The molecule has 1 aliphatic carbocycles. The zero-order chi connectivity index (χ0) is 17.3. The summed E-state index contributed by atoms with van der Waals surface area (Å²) >= 11 is 1.66. The number of carbonyl (C=O) groups excluding carboxylic acids is 2. The highest BCUT2D eigenvalue weighted by molar-refractivity contribution is 7.17. The van der Waals surface area contributed by atoms with E-state index in [4.69, 9.17) is 0 Å². The third kappa shape index (κ3) is 3.17. The van der Waals surface area contributed by atoms with Crippen LogP contribution in [-0.2, 0) is 4.79 Å². The molecule has 0 radical (unpaired) electrons. The van der Waals surface area contributed by atoms with Crippen molar-refractivity contribution in [2.24, 2.45) is 5.10 Å². The maximum Gasteiger partial charge on any atom is 0.346 e. The number of hydrazone groups is 1.